The fraction of sp³-hybridized carbons (Fsp3) is 0.111. The third kappa shape index (κ3) is 2.82. The molecule has 96 valence electrons. The molecule has 1 aromatic carbocycles. The van der Waals surface area contributed by atoms with Crippen molar-refractivity contribution in [3.63, 3.8) is 0 Å². The molecule has 1 heterocycles. The molecule has 0 amide bonds. The van der Waals surface area contributed by atoms with Crippen LogP contribution in [-0.4, -0.2) is 23.6 Å². The Hall–Kier alpha value is -1.54. The molecule has 0 bridgehead atoms. The summed E-state index contributed by atoms with van der Waals surface area (Å²) in [5, 5.41) is 5.11. The first kappa shape index (κ1) is 12.9. The average molecular weight is 294 g/mol. The van der Waals surface area contributed by atoms with Crippen LogP contribution in [0.3, 0.4) is 0 Å². The predicted molar refractivity (Wildman–Crippen MR) is 58.6 cm³/mol. The van der Waals surface area contributed by atoms with E-state index in [0.717, 1.165) is 12.1 Å². The van der Waals surface area contributed by atoms with Crippen LogP contribution in [0.4, 0.5) is 8.78 Å². The highest BCUT2D eigenvalue weighted by Crippen LogP contribution is 2.14. The summed E-state index contributed by atoms with van der Waals surface area (Å²) in [6.07, 6.45) is -0.0501. The van der Waals surface area contributed by atoms with E-state index in [9.17, 15) is 17.2 Å². The standard InChI is InChI=1S/C9H6ClF2N3O2S/c10-18(16,17)9-13-8(14-15-9)3-5-1-2-6(11)4-7(5)12/h1-2,4H,3H2,(H,13,14,15). The number of hydrogen-bond acceptors (Lipinski definition) is 4. The normalized spacial score (nSPS) is 11.7. The first-order valence-corrected chi connectivity index (χ1v) is 6.97. The van der Waals surface area contributed by atoms with E-state index in [1.165, 1.54) is 6.07 Å². The highest BCUT2D eigenvalue weighted by Gasteiger charge is 2.17. The zero-order chi connectivity index (χ0) is 13.3. The van der Waals surface area contributed by atoms with E-state index < -0.39 is 25.8 Å². The Morgan fingerprint density at radius 1 is 1.33 bits per heavy atom. The lowest BCUT2D eigenvalue weighted by Gasteiger charge is -1.99. The van der Waals surface area contributed by atoms with Gasteiger partial charge >= 0.3 is 0 Å². The first-order valence-electron chi connectivity index (χ1n) is 4.66. The van der Waals surface area contributed by atoms with Gasteiger partial charge in [-0.3, -0.25) is 5.10 Å². The maximum atomic E-state index is 13.3. The Balaban J connectivity index is 2.27. The first-order chi connectivity index (χ1) is 8.36. The second-order valence-corrected chi connectivity index (χ2v) is 5.87. The molecular formula is C9H6ClF2N3O2S. The van der Waals surface area contributed by atoms with Gasteiger partial charge in [0.2, 0.25) is 0 Å². The number of hydrogen-bond donors (Lipinski definition) is 1. The Bertz CT molecular complexity index is 687. The quantitative estimate of drug-likeness (QED) is 0.872. The van der Waals surface area contributed by atoms with E-state index >= 15 is 0 Å². The summed E-state index contributed by atoms with van der Waals surface area (Å²) in [6, 6.07) is 3.06. The van der Waals surface area contributed by atoms with Crippen molar-refractivity contribution < 1.29 is 17.2 Å². The van der Waals surface area contributed by atoms with Crippen molar-refractivity contribution in [1.29, 1.82) is 0 Å². The summed E-state index contributed by atoms with van der Waals surface area (Å²) in [7, 11) is 1.00. The van der Waals surface area contributed by atoms with E-state index in [1.807, 2.05) is 0 Å². The minimum absolute atomic E-state index is 0.0501. The molecule has 0 atom stereocenters. The van der Waals surface area contributed by atoms with Gasteiger partial charge in [-0.15, -0.1) is 5.10 Å². The zero-order valence-electron chi connectivity index (χ0n) is 8.69. The second-order valence-electron chi connectivity index (χ2n) is 3.42. The van der Waals surface area contributed by atoms with Crippen LogP contribution in [0, 0.1) is 11.6 Å². The second kappa shape index (κ2) is 4.62. The number of rotatable bonds is 3. The van der Waals surface area contributed by atoms with Crippen LogP contribution >= 0.6 is 10.7 Å². The molecule has 0 unspecified atom stereocenters. The van der Waals surface area contributed by atoms with Crippen molar-refractivity contribution in [3.8, 4) is 0 Å². The largest absolute Gasteiger partial charge is 0.298 e. The van der Waals surface area contributed by atoms with Crippen molar-refractivity contribution in [3.05, 3.63) is 41.2 Å². The van der Waals surface area contributed by atoms with Crippen molar-refractivity contribution in [2.45, 2.75) is 11.6 Å². The van der Waals surface area contributed by atoms with Gasteiger partial charge in [0.15, 0.2) is 0 Å². The maximum absolute atomic E-state index is 13.3. The fourth-order valence-corrected chi connectivity index (χ4v) is 1.89. The van der Waals surface area contributed by atoms with Crippen molar-refractivity contribution in [2.24, 2.45) is 0 Å². The molecule has 2 rings (SSSR count). The zero-order valence-corrected chi connectivity index (χ0v) is 10.3. The lowest BCUT2D eigenvalue weighted by molar-refractivity contribution is 0.573. The third-order valence-corrected chi connectivity index (χ3v) is 3.14. The third-order valence-electron chi connectivity index (χ3n) is 2.10. The topological polar surface area (TPSA) is 75.7 Å². The van der Waals surface area contributed by atoms with Crippen LogP contribution in [0.5, 0.6) is 0 Å². The van der Waals surface area contributed by atoms with Gasteiger partial charge in [0.05, 0.1) is 0 Å². The molecule has 0 radical (unpaired) electrons. The molecule has 0 aliphatic rings. The number of H-pyrrole nitrogens is 1. The molecule has 1 N–H and O–H groups in total. The molecule has 0 aliphatic heterocycles. The van der Waals surface area contributed by atoms with Gasteiger partial charge in [-0.25, -0.2) is 22.2 Å². The SMILES string of the molecule is O=S(=O)(Cl)c1n[nH]c(Cc2ccc(F)cc2F)n1. The molecule has 2 aromatic rings. The van der Waals surface area contributed by atoms with Crippen LogP contribution in [0.2, 0.25) is 0 Å². The Labute approximate surface area is 105 Å². The Morgan fingerprint density at radius 2 is 2.06 bits per heavy atom. The summed E-state index contributed by atoms with van der Waals surface area (Å²) < 4.78 is 47.8. The average Bonchev–Trinajstić information content (AvgIpc) is 2.70. The predicted octanol–water partition coefficient (Wildman–Crippen LogP) is 1.60. The van der Waals surface area contributed by atoms with Crippen molar-refractivity contribution in [1.82, 2.24) is 15.2 Å². The van der Waals surface area contributed by atoms with E-state index in [1.54, 1.807) is 0 Å². The van der Waals surface area contributed by atoms with Crippen LogP contribution in [0.25, 0.3) is 0 Å². The minimum atomic E-state index is -4.03. The Morgan fingerprint density at radius 3 is 2.61 bits per heavy atom. The number of halogens is 3. The number of aromatic amines is 1. The van der Waals surface area contributed by atoms with Gasteiger partial charge in [0.25, 0.3) is 14.2 Å². The van der Waals surface area contributed by atoms with Crippen LogP contribution in [0.1, 0.15) is 11.4 Å². The lowest BCUT2D eigenvalue weighted by atomic mass is 10.1. The molecule has 5 nitrogen and oxygen atoms in total. The van der Waals surface area contributed by atoms with Gasteiger partial charge in [0, 0.05) is 23.2 Å². The molecule has 0 saturated heterocycles. The highest BCUT2D eigenvalue weighted by atomic mass is 35.7. The Kier molecular flexibility index (Phi) is 3.31. The molecule has 0 saturated carbocycles. The molecule has 18 heavy (non-hydrogen) atoms. The number of nitrogens with one attached hydrogen (secondary N) is 1. The number of benzene rings is 1. The van der Waals surface area contributed by atoms with E-state index in [-0.39, 0.29) is 17.8 Å². The van der Waals surface area contributed by atoms with Gasteiger partial charge in [-0.05, 0) is 11.6 Å². The van der Waals surface area contributed by atoms with Crippen molar-refractivity contribution >= 4 is 19.7 Å². The van der Waals surface area contributed by atoms with Crippen LogP contribution < -0.4 is 0 Å². The summed E-state index contributed by atoms with van der Waals surface area (Å²) in [5.74, 6) is -1.33. The minimum Gasteiger partial charge on any atom is -0.262 e. The van der Waals surface area contributed by atoms with E-state index in [2.05, 4.69) is 15.2 Å². The monoisotopic (exact) mass is 293 g/mol. The molecule has 0 aliphatic carbocycles. The molecule has 0 fully saturated rings. The summed E-state index contributed by atoms with van der Waals surface area (Å²) in [6.45, 7) is 0. The van der Waals surface area contributed by atoms with Crippen LogP contribution in [-0.2, 0) is 15.5 Å². The number of nitrogens with zero attached hydrogens (tertiary/aromatic N) is 2. The van der Waals surface area contributed by atoms with Crippen LogP contribution in [0.15, 0.2) is 23.4 Å². The van der Waals surface area contributed by atoms with Crippen molar-refractivity contribution in [2.75, 3.05) is 0 Å². The fourth-order valence-electron chi connectivity index (χ4n) is 1.31. The highest BCUT2D eigenvalue weighted by molar-refractivity contribution is 8.13. The number of aromatic nitrogens is 3. The molecular weight excluding hydrogens is 288 g/mol. The molecule has 1 aromatic heterocycles. The summed E-state index contributed by atoms with van der Waals surface area (Å²) in [4.78, 5) is 3.59. The summed E-state index contributed by atoms with van der Waals surface area (Å²) >= 11 is 0. The molecule has 9 heteroatoms. The van der Waals surface area contributed by atoms with Gasteiger partial charge in [-0.1, -0.05) is 6.07 Å². The van der Waals surface area contributed by atoms with Gasteiger partial charge < -0.3 is 0 Å². The van der Waals surface area contributed by atoms with Gasteiger partial charge in [-0.2, -0.15) is 0 Å². The van der Waals surface area contributed by atoms with E-state index in [4.69, 9.17) is 10.7 Å². The van der Waals surface area contributed by atoms with Gasteiger partial charge in [0.1, 0.15) is 17.5 Å². The molecule has 0 spiro atoms. The van der Waals surface area contributed by atoms with E-state index in [0.29, 0.717) is 0 Å². The summed E-state index contributed by atoms with van der Waals surface area (Å²) in [5.41, 5.74) is 0.158. The lowest BCUT2D eigenvalue weighted by Crippen LogP contribution is -1.96. The maximum Gasteiger partial charge on any atom is 0.298 e. The smallest absolute Gasteiger partial charge is 0.262 e.